The quantitative estimate of drug-likeness (QED) is 0.852. The normalized spacial score (nSPS) is 29.3. The molecule has 88 valence electrons. The Morgan fingerprint density at radius 2 is 2.44 bits per heavy atom. The summed E-state index contributed by atoms with van der Waals surface area (Å²) in [7, 11) is 0. The van der Waals surface area contributed by atoms with Gasteiger partial charge >= 0.3 is 0 Å². The number of ether oxygens (including phenoxy) is 1. The minimum absolute atomic E-state index is 0.122. The van der Waals surface area contributed by atoms with E-state index in [-0.39, 0.29) is 11.6 Å². The van der Waals surface area contributed by atoms with Crippen LogP contribution in [-0.2, 0) is 4.74 Å². The highest BCUT2D eigenvalue weighted by molar-refractivity contribution is 6.30. The molecule has 0 spiro atoms. The Labute approximate surface area is 101 Å². The molecular weight excluding hydrogens is 224 g/mol. The van der Waals surface area contributed by atoms with Crippen LogP contribution in [0.1, 0.15) is 13.3 Å². The maximum atomic E-state index is 5.95. The van der Waals surface area contributed by atoms with Gasteiger partial charge in [0.25, 0.3) is 0 Å². The molecule has 2 atom stereocenters. The van der Waals surface area contributed by atoms with Crippen molar-refractivity contribution in [1.29, 1.82) is 0 Å². The largest absolute Gasteiger partial charge is 0.376 e. The summed E-state index contributed by atoms with van der Waals surface area (Å²) in [5.74, 6) is 0. The first kappa shape index (κ1) is 11.7. The Kier molecular flexibility index (Phi) is 3.38. The number of nitrogens with two attached hydrogens (primary N) is 1. The van der Waals surface area contributed by atoms with Crippen LogP contribution in [0.3, 0.4) is 0 Å². The Hall–Kier alpha value is -0.770. The van der Waals surface area contributed by atoms with Gasteiger partial charge in [0.15, 0.2) is 0 Å². The van der Waals surface area contributed by atoms with Crippen molar-refractivity contribution in [3.05, 3.63) is 29.3 Å². The van der Waals surface area contributed by atoms with Crippen molar-refractivity contribution in [2.75, 3.05) is 18.5 Å². The fraction of sp³-hybridized carbons (Fsp3) is 0.500. The highest BCUT2D eigenvalue weighted by Crippen LogP contribution is 2.29. The molecule has 1 fully saturated rings. The molecule has 2 unspecified atom stereocenters. The fourth-order valence-corrected chi connectivity index (χ4v) is 2.31. The summed E-state index contributed by atoms with van der Waals surface area (Å²) in [6.45, 7) is 3.37. The number of hydrogen-bond donors (Lipinski definition) is 2. The minimum Gasteiger partial charge on any atom is -0.376 e. The lowest BCUT2D eigenvalue weighted by Gasteiger charge is -2.33. The van der Waals surface area contributed by atoms with E-state index < -0.39 is 0 Å². The zero-order chi connectivity index (χ0) is 11.6. The Morgan fingerprint density at radius 1 is 1.62 bits per heavy atom. The summed E-state index contributed by atoms with van der Waals surface area (Å²) in [5, 5.41) is 4.19. The number of anilines is 1. The van der Waals surface area contributed by atoms with Crippen LogP contribution >= 0.6 is 11.6 Å². The predicted molar refractivity (Wildman–Crippen MR) is 66.9 cm³/mol. The number of benzene rings is 1. The fourth-order valence-electron chi connectivity index (χ4n) is 2.12. The highest BCUT2D eigenvalue weighted by atomic mass is 35.5. The van der Waals surface area contributed by atoms with Crippen LogP contribution < -0.4 is 11.1 Å². The smallest absolute Gasteiger partial charge is 0.0789 e. The average molecular weight is 241 g/mol. The number of nitrogens with one attached hydrogen (secondary N) is 1. The molecule has 16 heavy (non-hydrogen) atoms. The Balaban J connectivity index is 2.18. The summed E-state index contributed by atoms with van der Waals surface area (Å²) in [4.78, 5) is 0. The van der Waals surface area contributed by atoms with E-state index in [1.165, 1.54) is 0 Å². The van der Waals surface area contributed by atoms with Gasteiger partial charge in [-0.25, -0.2) is 0 Å². The third-order valence-corrected chi connectivity index (χ3v) is 3.51. The second-order valence-corrected chi connectivity index (χ2v) is 4.70. The molecule has 0 amide bonds. The van der Waals surface area contributed by atoms with Crippen LogP contribution in [0.4, 0.5) is 5.69 Å². The number of rotatable bonds is 3. The molecular formula is C12H17ClN2O. The first-order chi connectivity index (χ1) is 7.66. The van der Waals surface area contributed by atoms with Crippen molar-refractivity contribution in [2.24, 2.45) is 5.73 Å². The van der Waals surface area contributed by atoms with Gasteiger partial charge in [-0.3, -0.25) is 0 Å². The van der Waals surface area contributed by atoms with Gasteiger partial charge in [0.1, 0.15) is 0 Å². The summed E-state index contributed by atoms with van der Waals surface area (Å²) >= 11 is 5.95. The topological polar surface area (TPSA) is 47.3 Å². The lowest BCUT2D eigenvalue weighted by atomic mass is 9.91. The maximum absolute atomic E-state index is 5.95. The molecule has 1 aliphatic rings. The van der Waals surface area contributed by atoms with Crippen LogP contribution in [-0.4, -0.2) is 24.8 Å². The van der Waals surface area contributed by atoms with Crippen molar-refractivity contribution >= 4 is 17.3 Å². The van der Waals surface area contributed by atoms with Crippen molar-refractivity contribution in [3.63, 3.8) is 0 Å². The molecule has 2 rings (SSSR count). The van der Waals surface area contributed by atoms with E-state index in [0.29, 0.717) is 6.54 Å². The van der Waals surface area contributed by atoms with Crippen molar-refractivity contribution in [1.82, 2.24) is 0 Å². The molecule has 1 saturated heterocycles. The number of hydrogen-bond acceptors (Lipinski definition) is 3. The maximum Gasteiger partial charge on any atom is 0.0789 e. The van der Waals surface area contributed by atoms with E-state index in [4.69, 9.17) is 22.1 Å². The van der Waals surface area contributed by atoms with Gasteiger partial charge in [0, 0.05) is 23.9 Å². The molecule has 4 heteroatoms. The van der Waals surface area contributed by atoms with Gasteiger partial charge in [-0.1, -0.05) is 17.7 Å². The summed E-state index contributed by atoms with van der Waals surface area (Å²) < 4.78 is 5.59. The third kappa shape index (κ3) is 2.17. The molecule has 0 bridgehead atoms. The van der Waals surface area contributed by atoms with Gasteiger partial charge in [-0.2, -0.15) is 0 Å². The van der Waals surface area contributed by atoms with Crippen LogP contribution in [0.2, 0.25) is 5.02 Å². The average Bonchev–Trinajstić information content (AvgIpc) is 2.61. The molecule has 3 N–H and O–H groups in total. The molecule has 0 saturated carbocycles. The summed E-state index contributed by atoms with van der Waals surface area (Å²) in [6.07, 6.45) is 1.05. The predicted octanol–water partition coefficient (Wildman–Crippen LogP) is 2.26. The van der Waals surface area contributed by atoms with Crippen molar-refractivity contribution < 1.29 is 4.74 Å². The Bertz CT molecular complexity index is 372. The third-order valence-electron chi connectivity index (χ3n) is 3.28. The number of halogens is 1. The summed E-state index contributed by atoms with van der Waals surface area (Å²) in [5.41, 5.74) is 6.70. The lowest BCUT2D eigenvalue weighted by molar-refractivity contribution is 0.103. The van der Waals surface area contributed by atoms with Crippen LogP contribution in [0.25, 0.3) is 0 Å². The highest BCUT2D eigenvalue weighted by Gasteiger charge is 2.40. The standard InChI is InChI=1S/C12H17ClN2O/c1-9-12(8-14,5-6-16-9)15-11-4-2-3-10(13)7-11/h2-4,7,9,15H,5-6,8,14H2,1H3. The lowest BCUT2D eigenvalue weighted by Crippen LogP contribution is -2.50. The zero-order valence-electron chi connectivity index (χ0n) is 9.37. The van der Waals surface area contributed by atoms with Crippen LogP contribution in [0.5, 0.6) is 0 Å². The van der Waals surface area contributed by atoms with Crippen molar-refractivity contribution in [3.8, 4) is 0 Å². The molecule has 1 aromatic carbocycles. The first-order valence-corrected chi connectivity index (χ1v) is 5.89. The van der Waals surface area contributed by atoms with E-state index in [1.807, 2.05) is 24.3 Å². The monoisotopic (exact) mass is 240 g/mol. The van der Waals surface area contributed by atoms with E-state index in [0.717, 1.165) is 23.7 Å². The van der Waals surface area contributed by atoms with E-state index in [9.17, 15) is 0 Å². The van der Waals surface area contributed by atoms with E-state index in [1.54, 1.807) is 0 Å². The van der Waals surface area contributed by atoms with Crippen molar-refractivity contribution in [2.45, 2.75) is 25.0 Å². The molecule has 1 aromatic rings. The van der Waals surface area contributed by atoms with Gasteiger partial charge in [0.2, 0.25) is 0 Å². The minimum atomic E-state index is -0.162. The second-order valence-electron chi connectivity index (χ2n) is 4.26. The first-order valence-electron chi connectivity index (χ1n) is 5.52. The molecule has 0 radical (unpaired) electrons. The second kappa shape index (κ2) is 4.62. The van der Waals surface area contributed by atoms with Gasteiger partial charge in [-0.15, -0.1) is 0 Å². The van der Waals surface area contributed by atoms with E-state index in [2.05, 4.69) is 12.2 Å². The Morgan fingerprint density at radius 3 is 3.00 bits per heavy atom. The summed E-state index contributed by atoms with van der Waals surface area (Å²) in [6, 6.07) is 7.68. The molecule has 0 aliphatic carbocycles. The SMILES string of the molecule is CC1OCCC1(CN)Nc1cccc(Cl)c1. The van der Waals surface area contributed by atoms with Crippen LogP contribution in [0, 0.1) is 0 Å². The molecule has 3 nitrogen and oxygen atoms in total. The van der Waals surface area contributed by atoms with Gasteiger partial charge in [0.05, 0.1) is 11.6 Å². The molecule has 1 aliphatic heterocycles. The van der Waals surface area contributed by atoms with Gasteiger partial charge in [-0.05, 0) is 31.5 Å². The van der Waals surface area contributed by atoms with Gasteiger partial charge < -0.3 is 15.8 Å². The zero-order valence-corrected chi connectivity index (χ0v) is 10.1. The molecule has 0 aromatic heterocycles. The van der Waals surface area contributed by atoms with E-state index >= 15 is 0 Å². The van der Waals surface area contributed by atoms with Crippen LogP contribution in [0.15, 0.2) is 24.3 Å². The molecule has 1 heterocycles.